The van der Waals surface area contributed by atoms with Gasteiger partial charge in [0.1, 0.15) is 5.69 Å². The van der Waals surface area contributed by atoms with Gasteiger partial charge in [-0.3, -0.25) is 9.48 Å². The van der Waals surface area contributed by atoms with Gasteiger partial charge in [0, 0.05) is 7.05 Å². The molecule has 0 aromatic carbocycles. The Labute approximate surface area is 116 Å². The second-order valence-electron chi connectivity index (χ2n) is 5.35. The van der Waals surface area contributed by atoms with E-state index in [-0.39, 0.29) is 11.4 Å². The van der Waals surface area contributed by atoms with Gasteiger partial charge in [-0.05, 0) is 12.3 Å². The van der Waals surface area contributed by atoms with Crippen molar-refractivity contribution in [2.24, 2.45) is 18.7 Å². The fourth-order valence-corrected chi connectivity index (χ4v) is 2.74. The molecule has 3 N–H and O–H groups in total. The zero-order valence-electron chi connectivity index (χ0n) is 11.5. The van der Waals surface area contributed by atoms with Gasteiger partial charge < -0.3 is 11.1 Å². The summed E-state index contributed by atoms with van der Waals surface area (Å²) in [6, 6.07) is -0.663. The first-order valence-corrected chi connectivity index (χ1v) is 6.85. The molecule has 20 heavy (non-hydrogen) atoms. The van der Waals surface area contributed by atoms with E-state index < -0.39 is 18.4 Å². The number of hydrogen-bond donors (Lipinski definition) is 2. The largest absolute Gasteiger partial charge is 0.322 e. The molecule has 1 atom stereocenters. The van der Waals surface area contributed by atoms with Crippen molar-refractivity contribution in [2.45, 2.75) is 44.6 Å². The average molecular weight is 286 g/mol. The number of halogens is 2. The molecule has 0 bridgehead atoms. The molecule has 0 saturated heterocycles. The lowest BCUT2D eigenvalue weighted by atomic mass is 9.98. The van der Waals surface area contributed by atoms with Gasteiger partial charge in [-0.2, -0.15) is 5.10 Å². The summed E-state index contributed by atoms with van der Waals surface area (Å²) < 4.78 is 26.8. The van der Waals surface area contributed by atoms with Gasteiger partial charge in [0.25, 0.3) is 6.43 Å². The molecule has 5 nitrogen and oxygen atoms in total. The van der Waals surface area contributed by atoms with Crippen LogP contribution in [0, 0.1) is 5.92 Å². The van der Waals surface area contributed by atoms with Crippen LogP contribution in [0.2, 0.25) is 0 Å². The van der Waals surface area contributed by atoms with Crippen LogP contribution in [-0.4, -0.2) is 21.7 Å². The summed E-state index contributed by atoms with van der Waals surface area (Å²) in [5.41, 5.74) is 5.59. The quantitative estimate of drug-likeness (QED) is 0.871. The topological polar surface area (TPSA) is 72.9 Å². The Kier molecular flexibility index (Phi) is 4.69. The van der Waals surface area contributed by atoms with E-state index in [0.29, 0.717) is 12.3 Å². The van der Waals surface area contributed by atoms with Crippen LogP contribution in [0.3, 0.4) is 0 Å². The van der Waals surface area contributed by atoms with Gasteiger partial charge in [-0.25, -0.2) is 8.78 Å². The SMILES string of the molecule is Cn1ncc(NC(=O)[C@@H](N)CC2CCCC2)c1C(F)F. The lowest BCUT2D eigenvalue weighted by molar-refractivity contribution is -0.117. The standard InChI is InChI=1S/C13H20F2N4O/c1-19-11(12(14)15)10(7-17-19)18-13(20)9(16)6-8-4-2-3-5-8/h7-9,12H,2-6,16H2,1H3,(H,18,20)/t9-/m0/s1. The van der Waals surface area contributed by atoms with E-state index in [4.69, 9.17) is 5.73 Å². The number of nitrogens with one attached hydrogen (secondary N) is 1. The predicted octanol–water partition coefficient (Wildman–Crippen LogP) is 2.20. The van der Waals surface area contributed by atoms with E-state index in [2.05, 4.69) is 10.4 Å². The normalized spacial score (nSPS) is 17.6. The fraction of sp³-hybridized carbons (Fsp3) is 0.692. The van der Waals surface area contributed by atoms with Crippen LogP contribution in [-0.2, 0) is 11.8 Å². The predicted molar refractivity (Wildman–Crippen MR) is 71.3 cm³/mol. The van der Waals surface area contributed by atoms with Gasteiger partial charge >= 0.3 is 0 Å². The number of alkyl halides is 2. The molecule has 1 saturated carbocycles. The molecule has 1 aromatic heterocycles. The zero-order chi connectivity index (χ0) is 14.7. The minimum Gasteiger partial charge on any atom is -0.322 e. The Morgan fingerprint density at radius 2 is 2.20 bits per heavy atom. The molecule has 1 aliphatic rings. The molecule has 1 aromatic rings. The maximum atomic E-state index is 12.9. The number of hydrogen-bond acceptors (Lipinski definition) is 3. The Morgan fingerprint density at radius 1 is 1.55 bits per heavy atom. The minimum absolute atomic E-state index is 0.0365. The van der Waals surface area contributed by atoms with Crippen LogP contribution in [0.5, 0.6) is 0 Å². The fourth-order valence-electron chi connectivity index (χ4n) is 2.74. The summed E-state index contributed by atoms with van der Waals surface area (Å²) in [7, 11) is 1.41. The number of amides is 1. The number of rotatable bonds is 5. The summed E-state index contributed by atoms with van der Waals surface area (Å²) in [5.74, 6) is 0.0472. The van der Waals surface area contributed by atoms with Crippen LogP contribution in [0.4, 0.5) is 14.5 Å². The smallest absolute Gasteiger partial charge is 0.282 e. The first-order valence-electron chi connectivity index (χ1n) is 6.85. The van der Waals surface area contributed by atoms with Crippen LogP contribution in [0.15, 0.2) is 6.20 Å². The third-order valence-electron chi connectivity index (χ3n) is 3.85. The lowest BCUT2D eigenvalue weighted by Gasteiger charge is -2.16. The van der Waals surface area contributed by atoms with Gasteiger partial charge in [0.15, 0.2) is 0 Å². The number of aromatic nitrogens is 2. The van der Waals surface area contributed by atoms with E-state index in [1.165, 1.54) is 26.1 Å². The molecule has 1 amide bonds. The van der Waals surface area contributed by atoms with Crippen molar-refractivity contribution in [3.8, 4) is 0 Å². The summed E-state index contributed by atoms with van der Waals surface area (Å²) in [5, 5.41) is 6.19. The summed E-state index contributed by atoms with van der Waals surface area (Å²) >= 11 is 0. The molecular formula is C13H20F2N4O. The molecular weight excluding hydrogens is 266 g/mol. The third-order valence-corrected chi connectivity index (χ3v) is 3.85. The van der Waals surface area contributed by atoms with Crippen molar-refractivity contribution in [1.29, 1.82) is 0 Å². The maximum Gasteiger partial charge on any atom is 0.282 e. The van der Waals surface area contributed by atoms with E-state index in [0.717, 1.165) is 17.5 Å². The molecule has 1 heterocycles. The second kappa shape index (κ2) is 6.30. The van der Waals surface area contributed by atoms with Gasteiger partial charge in [-0.15, -0.1) is 0 Å². The molecule has 7 heteroatoms. The molecule has 0 unspecified atom stereocenters. The monoisotopic (exact) mass is 286 g/mol. The summed E-state index contributed by atoms with van der Waals surface area (Å²) in [6.07, 6.45) is 3.68. The Balaban J connectivity index is 1.96. The van der Waals surface area contributed by atoms with Crippen LogP contribution in [0.1, 0.15) is 44.2 Å². The van der Waals surface area contributed by atoms with Gasteiger partial charge in [-0.1, -0.05) is 25.7 Å². The highest BCUT2D eigenvalue weighted by atomic mass is 19.3. The number of nitrogens with two attached hydrogens (primary N) is 1. The van der Waals surface area contributed by atoms with Crippen molar-refractivity contribution in [2.75, 3.05) is 5.32 Å². The minimum atomic E-state index is -2.69. The van der Waals surface area contributed by atoms with E-state index in [1.807, 2.05) is 0 Å². The van der Waals surface area contributed by atoms with E-state index >= 15 is 0 Å². The maximum absolute atomic E-state index is 12.9. The molecule has 112 valence electrons. The lowest BCUT2D eigenvalue weighted by Crippen LogP contribution is -2.37. The Hall–Kier alpha value is -1.50. The van der Waals surface area contributed by atoms with Crippen molar-refractivity contribution in [3.63, 3.8) is 0 Å². The molecule has 1 fully saturated rings. The molecule has 0 spiro atoms. The molecule has 2 rings (SSSR count). The van der Waals surface area contributed by atoms with E-state index in [1.54, 1.807) is 0 Å². The first kappa shape index (κ1) is 14.9. The first-order chi connectivity index (χ1) is 9.49. The van der Waals surface area contributed by atoms with Crippen molar-refractivity contribution >= 4 is 11.6 Å². The third kappa shape index (κ3) is 3.33. The highest BCUT2D eigenvalue weighted by Gasteiger charge is 2.25. The van der Waals surface area contributed by atoms with Gasteiger partial charge in [0.2, 0.25) is 5.91 Å². The Bertz CT molecular complexity index is 469. The molecule has 0 aliphatic heterocycles. The average Bonchev–Trinajstić information content (AvgIpc) is 2.99. The van der Waals surface area contributed by atoms with E-state index in [9.17, 15) is 13.6 Å². The summed E-state index contributed by atoms with van der Waals surface area (Å²) in [4.78, 5) is 12.0. The highest BCUT2D eigenvalue weighted by Crippen LogP contribution is 2.29. The highest BCUT2D eigenvalue weighted by molar-refractivity contribution is 5.95. The molecule has 0 radical (unpaired) electrons. The number of carbonyl (C=O) groups is 1. The summed E-state index contributed by atoms with van der Waals surface area (Å²) in [6.45, 7) is 0. The van der Waals surface area contributed by atoms with Crippen molar-refractivity contribution < 1.29 is 13.6 Å². The van der Waals surface area contributed by atoms with Crippen molar-refractivity contribution in [1.82, 2.24) is 9.78 Å². The number of nitrogens with zero attached hydrogens (tertiary/aromatic N) is 2. The second-order valence-corrected chi connectivity index (χ2v) is 5.35. The number of carbonyl (C=O) groups excluding carboxylic acids is 1. The van der Waals surface area contributed by atoms with Gasteiger partial charge in [0.05, 0.1) is 17.9 Å². The number of aryl methyl sites for hydroxylation is 1. The van der Waals surface area contributed by atoms with Crippen LogP contribution < -0.4 is 11.1 Å². The van der Waals surface area contributed by atoms with Crippen LogP contribution >= 0.6 is 0 Å². The van der Waals surface area contributed by atoms with Crippen molar-refractivity contribution in [3.05, 3.63) is 11.9 Å². The molecule has 1 aliphatic carbocycles. The zero-order valence-corrected chi connectivity index (χ0v) is 11.5. The van der Waals surface area contributed by atoms with Crippen LogP contribution in [0.25, 0.3) is 0 Å². The Morgan fingerprint density at radius 3 is 2.80 bits per heavy atom. The number of anilines is 1.